The first-order valence-corrected chi connectivity index (χ1v) is 8.90. The predicted octanol–water partition coefficient (Wildman–Crippen LogP) is 0.985. The Morgan fingerprint density at radius 2 is 1.93 bits per heavy atom. The predicted molar refractivity (Wildman–Crippen MR) is 98.0 cm³/mol. The average molecular weight is 364 g/mol. The summed E-state index contributed by atoms with van der Waals surface area (Å²) in [5, 5.41) is 15.5. The van der Waals surface area contributed by atoms with Crippen LogP contribution in [0.3, 0.4) is 0 Å². The first-order chi connectivity index (χ1) is 13.3. The van der Waals surface area contributed by atoms with Gasteiger partial charge in [-0.3, -0.25) is 9.78 Å². The summed E-state index contributed by atoms with van der Waals surface area (Å²) in [5.41, 5.74) is 1.01. The molecule has 1 amide bonds. The highest BCUT2D eigenvalue weighted by molar-refractivity contribution is 5.78. The lowest BCUT2D eigenvalue weighted by atomic mass is 9.96. The van der Waals surface area contributed by atoms with Gasteiger partial charge in [-0.2, -0.15) is 5.10 Å². The molecule has 9 heteroatoms. The van der Waals surface area contributed by atoms with Crippen molar-refractivity contribution in [3.63, 3.8) is 0 Å². The third-order valence-electron chi connectivity index (χ3n) is 4.67. The molecule has 4 heterocycles. The highest BCUT2D eigenvalue weighted by Gasteiger charge is 2.25. The zero-order valence-corrected chi connectivity index (χ0v) is 14.8. The molecule has 1 saturated heterocycles. The lowest BCUT2D eigenvalue weighted by Gasteiger charge is -2.31. The minimum Gasteiger partial charge on any atom is -0.355 e. The van der Waals surface area contributed by atoms with Crippen molar-refractivity contribution in [3.8, 4) is 5.82 Å². The number of aromatic nitrogens is 6. The molecule has 0 spiro atoms. The van der Waals surface area contributed by atoms with E-state index in [1.165, 1.54) is 6.33 Å². The van der Waals surface area contributed by atoms with Crippen LogP contribution in [0.2, 0.25) is 0 Å². The van der Waals surface area contributed by atoms with Gasteiger partial charge in [-0.15, -0.1) is 10.2 Å². The van der Waals surface area contributed by atoms with Gasteiger partial charge in [0.1, 0.15) is 12.7 Å². The highest BCUT2D eigenvalue weighted by atomic mass is 16.1. The van der Waals surface area contributed by atoms with Gasteiger partial charge in [0, 0.05) is 37.9 Å². The monoisotopic (exact) mass is 364 g/mol. The summed E-state index contributed by atoms with van der Waals surface area (Å²) < 4.78 is 1.57. The Morgan fingerprint density at radius 1 is 1.11 bits per heavy atom. The molecular formula is C18H20N8O. The molecule has 1 N–H and O–H groups in total. The van der Waals surface area contributed by atoms with Crippen LogP contribution >= 0.6 is 0 Å². The minimum absolute atomic E-state index is 0.0281. The number of pyridine rings is 1. The molecule has 0 aromatic carbocycles. The standard InChI is InChI=1S/C18H20N8O/c27-18(21-11-14-2-1-7-19-10-14)15-5-8-25(9-6-15)16-3-4-17(24-23-16)26-13-20-12-22-26/h1-4,7,10,12-13,15H,5-6,8-9,11H2,(H,21,27). The number of hydrogen-bond acceptors (Lipinski definition) is 7. The first kappa shape index (κ1) is 17.1. The van der Waals surface area contributed by atoms with E-state index in [0.717, 1.165) is 37.3 Å². The van der Waals surface area contributed by atoms with Crippen molar-refractivity contribution in [2.45, 2.75) is 19.4 Å². The zero-order chi connectivity index (χ0) is 18.5. The third kappa shape index (κ3) is 4.08. The van der Waals surface area contributed by atoms with Crippen molar-refractivity contribution < 1.29 is 4.79 Å². The van der Waals surface area contributed by atoms with Crippen molar-refractivity contribution >= 4 is 11.7 Å². The van der Waals surface area contributed by atoms with Crippen LogP contribution in [0.25, 0.3) is 5.82 Å². The van der Waals surface area contributed by atoms with E-state index in [2.05, 4.69) is 35.5 Å². The largest absolute Gasteiger partial charge is 0.355 e. The lowest BCUT2D eigenvalue weighted by molar-refractivity contribution is -0.125. The Hall–Kier alpha value is -3.36. The fourth-order valence-electron chi connectivity index (χ4n) is 3.14. The SMILES string of the molecule is O=C(NCc1cccnc1)C1CCN(c2ccc(-n3cncn3)nn2)CC1. The number of carbonyl (C=O) groups excluding carboxylic acids is 1. The summed E-state index contributed by atoms with van der Waals surface area (Å²) in [7, 11) is 0. The molecule has 0 bridgehead atoms. The number of rotatable bonds is 5. The molecule has 1 fully saturated rings. The summed E-state index contributed by atoms with van der Waals surface area (Å²) in [4.78, 5) is 22.5. The number of piperidine rings is 1. The van der Waals surface area contributed by atoms with E-state index in [4.69, 9.17) is 0 Å². The Kier molecular flexibility index (Phi) is 4.99. The van der Waals surface area contributed by atoms with Crippen molar-refractivity contribution in [2.75, 3.05) is 18.0 Å². The van der Waals surface area contributed by atoms with Crippen LogP contribution in [-0.2, 0) is 11.3 Å². The molecule has 27 heavy (non-hydrogen) atoms. The smallest absolute Gasteiger partial charge is 0.223 e. The Bertz CT molecular complexity index is 858. The molecule has 1 aliphatic heterocycles. The van der Waals surface area contributed by atoms with Crippen LogP contribution in [0, 0.1) is 5.92 Å². The third-order valence-corrected chi connectivity index (χ3v) is 4.67. The summed E-state index contributed by atoms with van der Waals surface area (Å²) in [6.45, 7) is 2.08. The summed E-state index contributed by atoms with van der Waals surface area (Å²) in [6.07, 6.45) is 8.13. The van der Waals surface area contributed by atoms with E-state index in [1.54, 1.807) is 23.4 Å². The lowest BCUT2D eigenvalue weighted by Crippen LogP contribution is -2.40. The maximum atomic E-state index is 12.4. The summed E-state index contributed by atoms with van der Waals surface area (Å²) in [5.74, 6) is 1.57. The summed E-state index contributed by atoms with van der Waals surface area (Å²) >= 11 is 0. The second kappa shape index (κ2) is 7.90. The van der Waals surface area contributed by atoms with E-state index in [1.807, 2.05) is 24.3 Å². The quantitative estimate of drug-likeness (QED) is 0.720. The number of nitrogens with zero attached hydrogens (tertiary/aromatic N) is 7. The van der Waals surface area contributed by atoms with E-state index < -0.39 is 0 Å². The molecule has 1 aliphatic rings. The van der Waals surface area contributed by atoms with E-state index in [0.29, 0.717) is 12.4 Å². The zero-order valence-electron chi connectivity index (χ0n) is 14.8. The Labute approximate surface area is 156 Å². The van der Waals surface area contributed by atoms with Gasteiger partial charge in [-0.25, -0.2) is 9.67 Å². The molecule has 0 unspecified atom stereocenters. The number of nitrogens with one attached hydrogen (secondary N) is 1. The van der Waals surface area contributed by atoms with Crippen LogP contribution in [0.4, 0.5) is 5.82 Å². The van der Waals surface area contributed by atoms with E-state index >= 15 is 0 Å². The van der Waals surface area contributed by atoms with Gasteiger partial charge in [0.25, 0.3) is 0 Å². The van der Waals surface area contributed by atoms with Crippen molar-refractivity contribution in [1.82, 2.24) is 35.3 Å². The molecule has 0 atom stereocenters. The van der Waals surface area contributed by atoms with Gasteiger partial charge in [0.05, 0.1) is 0 Å². The second-order valence-corrected chi connectivity index (χ2v) is 6.43. The molecule has 0 radical (unpaired) electrons. The average Bonchev–Trinajstić information content (AvgIpc) is 3.28. The molecule has 0 aliphatic carbocycles. The van der Waals surface area contributed by atoms with Crippen LogP contribution in [-0.4, -0.2) is 48.9 Å². The molecule has 3 aromatic rings. The van der Waals surface area contributed by atoms with Gasteiger partial charge in [-0.1, -0.05) is 6.07 Å². The van der Waals surface area contributed by atoms with E-state index in [-0.39, 0.29) is 11.8 Å². The van der Waals surface area contributed by atoms with Crippen molar-refractivity contribution in [3.05, 3.63) is 54.9 Å². The van der Waals surface area contributed by atoms with Crippen LogP contribution in [0.15, 0.2) is 49.3 Å². The summed E-state index contributed by atoms with van der Waals surface area (Å²) in [6, 6.07) is 7.61. The van der Waals surface area contributed by atoms with Crippen molar-refractivity contribution in [1.29, 1.82) is 0 Å². The molecule has 0 saturated carbocycles. The fraction of sp³-hybridized carbons (Fsp3) is 0.333. The van der Waals surface area contributed by atoms with Crippen molar-refractivity contribution in [2.24, 2.45) is 5.92 Å². The number of hydrogen-bond donors (Lipinski definition) is 1. The Morgan fingerprint density at radius 3 is 2.59 bits per heavy atom. The van der Waals surface area contributed by atoms with Gasteiger partial charge >= 0.3 is 0 Å². The molecule has 138 valence electrons. The van der Waals surface area contributed by atoms with Crippen LogP contribution in [0.5, 0.6) is 0 Å². The highest BCUT2D eigenvalue weighted by Crippen LogP contribution is 2.22. The normalized spacial score (nSPS) is 14.9. The molecular weight excluding hydrogens is 344 g/mol. The molecule has 9 nitrogen and oxygen atoms in total. The second-order valence-electron chi connectivity index (χ2n) is 6.43. The minimum atomic E-state index is 0.0281. The number of carbonyl (C=O) groups is 1. The van der Waals surface area contributed by atoms with Crippen LogP contribution < -0.4 is 10.2 Å². The fourth-order valence-corrected chi connectivity index (χ4v) is 3.14. The topological polar surface area (TPSA) is 102 Å². The Balaban J connectivity index is 1.29. The molecule has 4 rings (SSSR count). The van der Waals surface area contributed by atoms with Gasteiger partial charge in [0.2, 0.25) is 5.91 Å². The number of anilines is 1. The van der Waals surface area contributed by atoms with E-state index in [9.17, 15) is 4.79 Å². The van der Waals surface area contributed by atoms with Crippen LogP contribution in [0.1, 0.15) is 18.4 Å². The number of amides is 1. The van der Waals surface area contributed by atoms with Gasteiger partial charge < -0.3 is 10.2 Å². The van der Waals surface area contributed by atoms with Gasteiger partial charge in [0.15, 0.2) is 11.6 Å². The maximum Gasteiger partial charge on any atom is 0.223 e. The molecule has 3 aromatic heterocycles. The maximum absolute atomic E-state index is 12.4. The first-order valence-electron chi connectivity index (χ1n) is 8.90. The van der Waals surface area contributed by atoms with Gasteiger partial charge in [-0.05, 0) is 36.6 Å².